The molecule has 2 aromatic rings. The number of rotatable bonds is 9. The zero-order valence-corrected chi connectivity index (χ0v) is 16.7. The second-order valence-corrected chi connectivity index (χ2v) is 6.58. The van der Waals surface area contributed by atoms with Crippen LogP contribution in [0.3, 0.4) is 0 Å². The average molecular weight is 417 g/mol. The number of hydrogen-bond donors (Lipinski definition) is 0. The average Bonchev–Trinajstić information content (AvgIpc) is 2.77. The van der Waals surface area contributed by atoms with Crippen LogP contribution < -0.4 is 9.47 Å². The van der Waals surface area contributed by atoms with Crippen LogP contribution in [0.25, 0.3) is 10.4 Å². The van der Waals surface area contributed by atoms with Crippen LogP contribution in [-0.2, 0) is 0 Å². The Kier molecular flexibility index (Phi) is 6.64. The monoisotopic (exact) mass is 417 g/mol. The van der Waals surface area contributed by atoms with Crippen LogP contribution in [0.1, 0.15) is 55.0 Å². The van der Waals surface area contributed by atoms with E-state index in [9.17, 15) is 14.4 Å². The molecule has 0 heterocycles. The molecule has 3 rings (SSSR count). The van der Waals surface area contributed by atoms with Crippen LogP contribution in [0.4, 0.5) is 0 Å². The van der Waals surface area contributed by atoms with Gasteiger partial charge in [0.25, 0.3) is 0 Å². The maximum absolute atomic E-state index is 13.4. The van der Waals surface area contributed by atoms with Crippen molar-refractivity contribution < 1.29 is 23.9 Å². The zero-order valence-electron chi connectivity index (χ0n) is 16.7. The van der Waals surface area contributed by atoms with Gasteiger partial charge in [0, 0.05) is 21.6 Å². The molecule has 0 radical (unpaired) electrons. The number of ketones is 2. The summed E-state index contributed by atoms with van der Waals surface area (Å²) >= 11 is 0. The van der Waals surface area contributed by atoms with Gasteiger partial charge in [-0.05, 0) is 41.7 Å². The van der Waals surface area contributed by atoms with Gasteiger partial charge in [0.1, 0.15) is 11.5 Å². The highest BCUT2D eigenvalue weighted by Gasteiger charge is 2.35. The first-order chi connectivity index (χ1) is 15.0. The van der Waals surface area contributed by atoms with Crippen LogP contribution in [0.5, 0.6) is 11.5 Å². The Bertz CT molecular complexity index is 1150. The molecular weight excluding hydrogens is 398 g/mol. The third-order valence-corrected chi connectivity index (χ3v) is 4.61. The first kappa shape index (κ1) is 21.5. The zero-order chi connectivity index (χ0) is 22.4. The number of fused-ring (bicyclic) bond motifs is 2. The van der Waals surface area contributed by atoms with Crippen molar-refractivity contribution in [3.8, 4) is 11.5 Å². The van der Waals surface area contributed by atoms with Crippen LogP contribution in [0, 0.1) is 0 Å². The lowest BCUT2D eigenvalue weighted by atomic mass is 9.82. The largest absolute Gasteiger partial charge is 0.492 e. The van der Waals surface area contributed by atoms with Crippen molar-refractivity contribution in [1.82, 2.24) is 0 Å². The van der Waals surface area contributed by atoms with Crippen LogP contribution >= 0.6 is 0 Å². The summed E-state index contributed by atoms with van der Waals surface area (Å²) in [6.45, 7) is 7.74. The van der Waals surface area contributed by atoms with Crippen molar-refractivity contribution in [2.24, 2.45) is 5.11 Å². The molecule has 1 aliphatic rings. The van der Waals surface area contributed by atoms with Gasteiger partial charge in [-0.1, -0.05) is 24.3 Å². The Balaban J connectivity index is 2.17. The molecule has 8 heteroatoms. The minimum atomic E-state index is -0.883. The topological polar surface area (TPSA) is 118 Å². The summed E-state index contributed by atoms with van der Waals surface area (Å²) in [5.41, 5.74) is 8.89. The highest BCUT2D eigenvalue weighted by molar-refractivity contribution is 6.30. The van der Waals surface area contributed by atoms with Gasteiger partial charge in [-0.3, -0.25) is 14.4 Å². The minimum absolute atomic E-state index is 0.00772. The lowest BCUT2D eigenvalue weighted by Gasteiger charge is -2.23. The summed E-state index contributed by atoms with van der Waals surface area (Å²) in [7, 11) is 0. The van der Waals surface area contributed by atoms with E-state index in [4.69, 9.17) is 15.0 Å². The molecule has 0 saturated carbocycles. The van der Waals surface area contributed by atoms with Crippen molar-refractivity contribution in [2.75, 3.05) is 13.2 Å². The summed E-state index contributed by atoms with van der Waals surface area (Å²) in [6.07, 6.45) is 4.38. The molecule has 0 aliphatic heterocycles. The summed E-state index contributed by atoms with van der Waals surface area (Å²) in [5, 5.41) is 3.07. The van der Waals surface area contributed by atoms with Crippen molar-refractivity contribution >= 4 is 17.5 Å². The van der Waals surface area contributed by atoms with Gasteiger partial charge in [0.15, 0.2) is 5.78 Å². The summed E-state index contributed by atoms with van der Waals surface area (Å²) in [6, 6.07) is 7.32. The number of carbonyl (C=O) groups is 3. The molecule has 0 fully saturated rings. The van der Waals surface area contributed by atoms with E-state index < -0.39 is 17.5 Å². The number of azide groups is 1. The standard InChI is InChI=1S/C23H19N3O5/c1-3-5-10-30-17-9-7-8-15-19(17)22(28)20-16(21(15)27)12-14(23(29)25-26-24)13-18(20)31-11-6-4-2/h3-4,7-9,12-13H,1-2,5-6,10-11H2. The SMILES string of the molecule is C=CCCOc1cccc2c1C(=O)c1c(OCCC=C)cc(C(=O)N=[N+]=[N-])cc1C2=O. The smallest absolute Gasteiger partial charge is 0.249 e. The lowest BCUT2D eigenvalue weighted by molar-refractivity contribution is 0.0969. The first-order valence-electron chi connectivity index (χ1n) is 9.50. The van der Waals surface area contributed by atoms with E-state index in [1.807, 2.05) is 0 Å². The van der Waals surface area contributed by atoms with E-state index in [1.54, 1.807) is 24.3 Å². The number of nitrogens with zero attached hydrogens (tertiary/aromatic N) is 3. The second-order valence-electron chi connectivity index (χ2n) is 6.58. The van der Waals surface area contributed by atoms with Crippen molar-refractivity contribution in [1.29, 1.82) is 0 Å². The van der Waals surface area contributed by atoms with Gasteiger partial charge in [0.05, 0.1) is 24.3 Å². The fourth-order valence-electron chi connectivity index (χ4n) is 3.21. The summed E-state index contributed by atoms with van der Waals surface area (Å²) in [4.78, 5) is 41.3. The molecule has 0 spiro atoms. The molecule has 1 aliphatic carbocycles. The molecule has 1 amide bonds. The molecule has 0 saturated heterocycles. The molecule has 0 unspecified atom stereocenters. The first-order valence-corrected chi connectivity index (χ1v) is 9.50. The highest BCUT2D eigenvalue weighted by atomic mass is 16.5. The number of amides is 1. The van der Waals surface area contributed by atoms with Gasteiger partial charge >= 0.3 is 0 Å². The predicted molar refractivity (Wildman–Crippen MR) is 114 cm³/mol. The number of ether oxygens (including phenoxy) is 2. The van der Waals surface area contributed by atoms with Crippen molar-refractivity contribution in [3.63, 3.8) is 0 Å². The third-order valence-electron chi connectivity index (χ3n) is 4.61. The van der Waals surface area contributed by atoms with E-state index in [0.717, 1.165) is 0 Å². The molecule has 0 bridgehead atoms. The Labute approximate surface area is 178 Å². The molecule has 0 N–H and O–H groups in total. The van der Waals surface area contributed by atoms with E-state index in [1.165, 1.54) is 18.2 Å². The van der Waals surface area contributed by atoms with Crippen LogP contribution in [0.15, 0.2) is 60.8 Å². The minimum Gasteiger partial charge on any atom is -0.492 e. The number of benzene rings is 2. The van der Waals surface area contributed by atoms with Crippen LogP contribution in [0.2, 0.25) is 0 Å². The number of carbonyl (C=O) groups excluding carboxylic acids is 3. The Morgan fingerprint density at radius 3 is 2.26 bits per heavy atom. The molecular formula is C23H19N3O5. The maximum atomic E-state index is 13.4. The molecule has 31 heavy (non-hydrogen) atoms. The van der Waals surface area contributed by atoms with Gasteiger partial charge in [-0.25, -0.2) is 0 Å². The van der Waals surface area contributed by atoms with E-state index in [0.29, 0.717) is 19.4 Å². The molecule has 0 atom stereocenters. The summed E-state index contributed by atoms with van der Waals surface area (Å²) in [5.74, 6) is -1.44. The van der Waals surface area contributed by atoms with Gasteiger partial charge < -0.3 is 9.47 Å². The Hall–Kier alpha value is -4.16. The fourth-order valence-corrected chi connectivity index (χ4v) is 3.21. The molecule has 2 aromatic carbocycles. The molecule has 156 valence electrons. The van der Waals surface area contributed by atoms with Gasteiger partial charge in [0.2, 0.25) is 11.7 Å². The van der Waals surface area contributed by atoms with E-state index in [-0.39, 0.29) is 45.9 Å². The summed E-state index contributed by atoms with van der Waals surface area (Å²) < 4.78 is 11.4. The Morgan fingerprint density at radius 1 is 0.968 bits per heavy atom. The maximum Gasteiger partial charge on any atom is 0.249 e. The van der Waals surface area contributed by atoms with Crippen molar-refractivity contribution in [2.45, 2.75) is 12.8 Å². The normalized spacial score (nSPS) is 11.6. The quantitative estimate of drug-likeness (QED) is 0.162. The highest BCUT2D eigenvalue weighted by Crippen LogP contribution is 2.38. The third kappa shape index (κ3) is 4.24. The van der Waals surface area contributed by atoms with E-state index >= 15 is 0 Å². The molecule has 0 aromatic heterocycles. The van der Waals surface area contributed by atoms with Gasteiger partial charge in [-0.15, -0.1) is 13.2 Å². The lowest BCUT2D eigenvalue weighted by Crippen LogP contribution is -2.24. The predicted octanol–water partition coefficient (Wildman–Crippen LogP) is 4.82. The fraction of sp³-hybridized carbons (Fsp3) is 0.174. The van der Waals surface area contributed by atoms with E-state index in [2.05, 4.69) is 23.2 Å². The van der Waals surface area contributed by atoms with Gasteiger partial charge in [-0.2, -0.15) is 0 Å². The van der Waals surface area contributed by atoms with Crippen molar-refractivity contribution in [3.05, 3.63) is 93.9 Å². The van der Waals surface area contributed by atoms with Crippen LogP contribution in [-0.4, -0.2) is 30.7 Å². The number of hydrogen-bond acceptors (Lipinski definition) is 5. The molecule has 8 nitrogen and oxygen atoms in total. The second kappa shape index (κ2) is 9.56. The Morgan fingerprint density at radius 2 is 1.61 bits per heavy atom.